The molecular formula is C15H16N4O2. The first-order valence-corrected chi connectivity index (χ1v) is 6.36. The Morgan fingerprint density at radius 1 is 1.10 bits per heavy atom. The molecule has 0 atom stereocenters. The van der Waals surface area contributed by atoms with E-state index in [1.54, 1.807) is 24.3 Å². The predicted molar refractivity (Wildman–Crippen MR) is 81.3 cm³/mol. The van der Waals surface area contributed by atoms with Gasteiger partial charge in [-0.3, -0.25) is 0 Å². The molecule has 0 spiro atoms. The molecule has 6 heteroatoms. The van der Waals surface area contributed by atoms with E-state index in [0.717, 1.165) is 11.3 Å². The van der Waals surface area contributed by atoms with Gasteiger partial charge in [-0.15, -0.1) is 0 Å². The van der Waals surface area contributed by atoms with E-state index in [2.05, 4.69) is 15.8 Å². The normalized spacial score (nSPS) is 11.0. The number of amides is 2. The van der Waals surface area contributed by atoms with Crippen LogP contribution in [0.1, 0.15) is 11.1 Å². The molecule has 2 aromatic rings. The molecule has 0 heterocycles. The van der Waals surface area contributed by atoms with Gasteiger partial charge in [0.2, 0.25) is 0 Å². The van der Waals surface area contributed by atoms with Gasteiger partial charge in [-0.25, -0.2) is 4.79 Å². The number of amidine groups is 1. The number of benzene rings is 2. The molecule has 2 amide bonds. The van der Waals surface area contributed by atoms with E-state index in [-0.39, 0.29) is 11.9 Å². The average molecular weight is 284 g/mol. The molecule has 0 aliphatic heterocycles. The zero-order valence-corrected chi connectivity index (χ0v) is 11.3. The van der Waals surface area contributed by atoms with Crippen LogP contribution < -0.4 is 16.4 Å². The minimum atomic E-state index is -0.276. The molecule has 0 fully saturated rings. The van der Waals surface area contributed by atoms with Crippen molar-refractivity contribution in [2.45, 2.75) is 6.54 Å². The van der Waals surface area contributed by atoms with Gasteiger partial charge in [0.25, 0.3) is 0 Å². The minimum Gasteiger partial charge on any atom is -0.409 e. The van der Waals surface area contributed by atoms with Gasteiger partial charge in [0.05, 0.1) is 0 Å². The molecule has 108 valence electrons. The molecular weight excluding hydrogens is 268 g/mol. The summed E-state index contributed by atoms with van der Waals surface area (Å²) in [5.41, 5.74) is 7.74. The largest absolute Gasteiger partial charge is 0.409 e. The van der Waals surface area contributed by atoms with E-state index in [9.17, 15) is 4.79 Å². The van der Waals surface area contributed by atoms with E-state index in [0.29, 0.717) is 12.1 Å². The zero-order valence-electron chi connectivity index (χ0n) is 11.3. The van der Waals surface area contributed by atoms with Crippen molar-refractivity contribution < 1.29 is 10.0 Å². The Morgan fingerprint density at radius 3 is 2.38 bits per heavy atom. The average Bonchev–Trinajstić information content (AvgIpc) is 2.53. The number of carbonyl (C=O) groups excluding carboxylic acids is 1. The Balaban J connectivity index is 1.87. The smallest absolute Gasteiger partial charge is 0.319 e. The number of hydrogen-bond donors (Lipinski definition) is 4. The van der Waals surface area contributed by atoms with Crippen molar-refractivity contribution in [3.8, 4) is 0 Å². The monoisotopic (exact) mass is 284 g/mol. The van der Waals surface area contributed by atoms with Gasteiger partial charge in [-0.2, -0.15) is 0 Å². The Labute approximate surface area is 122 Å². The van der Waals surface area contributed by atoms with Gasteiger partial charge < -0.3 is 21.6 Å². The topological polar surface area (TPSA) is 99.7 Å². The number of oxime groups is 1. The van der Waals surface area contributed by atoms with E-state index in [4.69, 9.17) is 10.9 Å². The van der Waals surface area contributed by atoms with Crippen molar-refractivity contribution in [2.24, 2.45) is 10.9 Å². The summed E-state index contributed by atoms with van der Waals surface area (Å²) >= 11 is 0. The van der Waals surface area contributed by atoms with Crippen LogP contribution in [0.5, 0.6) is 0 Å². The molecule has 2 rings (SSSR count). The number of hydrogen-bond acceptors (Lipinski definition) is 3. The van der Waals surface area contributed by atoms with Crippen LogP contribution in [-0.4, -0.2) is 17.1 Å². The number of carbonyl (C=O) groups is 1. The maximum atomic E-state index is 11.7. The van der Waals surface area contributed by atoms with E-state index >= 15 is 0 Å². The minimum absolute atomic E-state index is 0.0522. The second-order valence-electron chi connectivity index (χ2n) is 4.36. The molecule has 0 aliphatic rings. The zero-order chi connectivity index (χ0) is 15.1. The van der Waals surface area contributed by atoms with Crippen LogP contribution in [0.2, 0.25) is 0 Å². The highest BCUT2D eigenvalue weighted by molar-refractivity contribution is 5.97. The van der Waals surface area contributed by atoms with Crippen LogP contribution in [0.25, 0.3) is 0 Å². The molecule has 0 bridgehead atoms. The standard InChI is InChI=1S/C15H16N4O2/c16-14(19-21)12-8-6-11(7-9-12)10-17-15(20)18-13-4-2-1-3-5-13/h1-9,21H,10H2,(H2,16,19)(H2,17,18,20). The second kappa shape index (κ2) is 6.95. The van der Waals surface area contributed by atoms with Crippen molar-refractivity contribution in [1.82, 2.24) is 5.32 Å². The van der Waals surface area contributed by atoms with Gasteiger partial charge in [-0.1, -0.05) is 47.6 Å². The number of urea groups is 1. The summed E-state index contributed by atoms with van der Waals surface area (Å²) in [6.07, 6.45) is 0. The van der Waals surface area contributed by atoms with Gasteiger partial charge in [0.15, 0.2) is 5.84 Å². The van der Waals surface area contributed by atoms with Crippen LogP contribution in [0, 0.1) is 0 Å². The number of rotatable bonds is 4. The van der Waals surface area contributed by atoms with Gasteiger partial charge >= 0.3 is 6.03 Å². The SMILES string of the molecule is NC(=NO)c1ccc(CNC(=O)Nc2ccccc2)cc1. The molecule has 0 unspecified atom stereocenters. The van der Waals surface area contributed by atoms with Crippen LogP contribution in [0.15, 0.2) is 59.8 Å². The summed E-state index contributed by atoms with van der Waals surface area (Å²) in [5.74, 6) is 0.0522. The quantitative estimate of drug-likeness (QED) is 0.299. The molecule has 5 N–H and O–H groups in total. The van der Waals surface area contributed by atoms with E-state index in [1.807, 2.05) is 30.3 Å². The Hall–Kier alpha value is -3.02. The fraction of sp³-hybridized carbons (Fsp3) is 0.0667. The fourth-order valence-electron chi connectivity index (χ4n) is 1.73. The number of para-hydroxylation sites is 1. The number of nitrogens with zero attached hydrogens (tertiary/aromatic N) is 1. The molecule has 21 heavy (non-hydrogen) atoms. The van der Waals surface area contributed by atoms with Crippen LogP contribution in [-0.2, 0) is 6.54 Å². The third-order valence-corrected chi connectivity index (χ3v) is 2.84. The lowest BCUT2D eigenvalue weighted by Crippen LogP contribution is -2.28. The molecule has 6 nitrogen and oxygen atoms in total. The molecule has 0 aliphatic carbocycles. The first kappa shape index (κ1) is 14.4. The third-order valence-electron chi connectivity index (χ3n) is 2.84. The first-order valence-electron chi connectivity index (χ1n) is 6.36. The summed E-state index contributed by atoms with van der Waals surface area (Å²) in [6, 6.07) is 16.0. The molecule has 0 saturated heterocycles. The highest BCUT2D eigenvalue weighted by Gasteiger charge is 2.02. The molecule has 0 aromatic heterocycles. The summed E-state index contributed by atoms with van der Waals surface area (Å²) in [6.45, 7) is 0.384. The lowest BCUT2D eigenvalue weighted by atomic mass is 10.1. The van der Waals surface area contributed by atoms with Gasteiger partial charge in [0, 0.05) is 17.8 Å². The summed E-state index contributed by atoms with van der Waals surface area (Å²) in [5, 5.41) is 17.0. The Morgan fingerprint density at radius 2 is 1.76 bits per heavy atom. The van der Waals surface area contributed by atoms with Crippen molar-refractivity contribution in [1.29, 1.82) is 0 Å². The molecule has 0 saturated carbocycles. The number of nitrogens with two attached hydrogens (primary N) is 1. The maximum Gasteiger partial charge on any atom is 0.319 e. The van der Waals surface area contributed by atoms with Crippen LogP contribution in [0.3, 0.4) is 0 Å². The van der Waals surface area contributed by atoms with Gasteiger partial charge in [-0.05, 0) is 17.7 Å². The second-order valence-corrected chi connectivity index (χ2v) is 4.36. The Bertz CT molecular complexity index is 624. The summed E-state index contributed by atoms with van der Waals surface area (Å²) in [7, 11) is 0. The van der Waals surface area contributed by atoms with Gasteiger partial charge in [0.1, 0.15) is 0 Å². The molecule has 2 aromatic carbocycles. The molecule has 0 radical (unpaired) electrons. The summed E-state index contributed by atoms with van der Waals surface area (Å²) in [4.78, 5) is 11.7. The fourth-order valence-corrected chi connectivity index (χ4v) is 1.73. The Kier molecular flexibility index (Phi) is 4.76. The highest BCUT2D eigenvalue weighted by Crippen LogP contribution is 2.06. The highest BCUT2D eigenvalue weighted by atomic mass is 16.4. The van der Waals surface area contributed by atoms with E-state index < -0.39 is 0 Å². The van der Waals surface area contributed by atoms with Crippen LogP contribution in [0.4, 0.5) is 10.5 Å². The first-order chi connectivity index (χ1) is 10.2. The predicted octanol–water partition coefficient (Wildman–Crippen LogP) is 2.10. The van der Waals surface area contributed by atoms with Crippen molar-refractivity contribution in [3.63, 3.8) is 0 Å². The lowest BCUT2D eigenvalue weighted by molar-refractivity contribution is 0.251. The maximum absolute atomic E-state index is 11.7. The number of anilines is 1. The van der Waals surface area contributed by atoms with Crippen molar-refractivity contribution in [2.75, 3.05) is 5.32 Å². The third kappa shape index (κ3) is 4.24. The summed E-state index contributed by atoms with van der Waals surface area (Å²) < 4.78 is 0. The van der Waals surface area contributed by atoms with Crippen LogP contribution >= 0.6 is 0 Å². The van der Waals surface area contributed by atoms with Crippen molar-refractivity contribution >= 4 is 17.6 Å². The number of nitrogens with one attached hydrogen (secondary N) is 2. The lowest BCUT2D eigenvalue weighted by Gasteiger charge is -2.08. The van der Waals surface area contributed by atoms with Crippen molar-refractivity contribution in [3.05, 3.63) is 65.7 Å². The van der Waals surface area contributed by atoms with E-state index in [1.165, 1.54) is 0 Å².